The van der Waals surface area contributed by atoms with E-state index in [4.69, 9.17) is 32.7 Å². The van der Waals surface area contributed by atoms with Crippen LogP contribution in [0.4, 0.5) is 0 Å². The van der Waals surface area contributed by atoms with Gasteiger partial charge in [-0.05, 0) is 55.3 Å². The molecule has 2 aromatic rings. The number of methoxy groups -OCH3 is 1. The summed E-state index contributed by atoms with van der Waals surface area (Å²) in [6, 6.07) is 11.8. The van der Waals surface area contributed by atoms with Crippen LogP contribution in [0.25, 0.3) is 0 Å². The van der Waals surface area contributed by atoms with Gasteiger partial charge in [-0.1, -0.05) is 35.3 Å². The minimum Gasteiger partial charge on any atom is -0.491 e. The van der Waals surface area contributed by atoms with Crippen molar-refractivity contribution >= 4 is 35.6 Å². The Morgan fingerprint density at radius 3 is 2.38 bits per heavy atom. The summed E-state index contributed by atoms with van der Waals surface area (Å²) in [4.78, 5) is 0. The number of nitrogens with one attached hydrogen (secondary N) is 1. The van der Waals surface area contributed by atoms with E-state index in [0.29, 0.717) is 23.1 Å². The highest BCUT2D eigenvalue weighted by Crippen LogP contribution is 2.36. The average Bonchev–Trinajstić information content (AvgIpc) is 2.53. The monoisotopic (exact) mass is 389 g/mol. The maximum absolute atomic E-state index is 6.25. The molecule has 0 aliphatic heterocycles. The Morgan fingerprint density at radius 2 is 1.75 bits per heavy atom. The van der Waals surface area contributed by atoms with Crippen LogP contribution in [0.3, 0.4) is 0 Å². The van der Waals surface area contributed by atoms with Crippen LogP contribution in [-0.4, -0.2) is 20.3 Å². The fraction of sp³-hybridized carbons (Fsp3) is 0.333. The van der Waals surface area contributed by atoms with Gasteiger partial charge in [0.05, 0.1) is 18.7 Å². The highest BCUT2D eigenvalue weighted by atomic mass is 35.5. The van der Waals surface area contributed by atoms with Crippen LogP contribution in [0, 0.1) is 0 Å². The molecule has 2 rings (SSSR count). The third-order valence-corrected chi connectivity index (χ3v) is 3.94. The molecule has 24 heavy (non-hydrogen) atoms. The summed E-state index contributed by atoms with van der Waals surface area (Å²) >= 11 is 12.1. The molecule has 0 saturated heterocycles. The zero-order chi connectivity index (χ0) is 16.7. The number of benzene rings is 2. The van der Waals surface area contributed by atoms with Crippen LogP contribution >= 0.6 is 35.6 Å². The third kappa shape index (κ3) is 6.06. The van der Waals surface area contributed by atoms with Gasteiger partial charge in [-0.2, -0.15) is 0 Å². The van der Waals surface area contributed by atoms with E-state index in [9.17, 15) is 0 Å². The Labute approximate surface area is 159 Å². The van der Waals surface area contributed by atoms with Crippen LogP contribution in [0.5, 0.6) is 11.5 Å². The smallest absolute Gasteiger partial charge is 0.179 e. The van der Waals surface area contributed by atoms with E-state index in [1.807, 2.05) is 43.3 Å². The summed E-state index contributed by atoms with van der Waals surface area (Å²) in [5.74, 6) is 1.26. The lowest BCUT2D eigenvalue weighted by Crippen LogP contribution is -2.16. The minimum atomic E-state index is 0. The van der Waals surface area contributed by atoms with Gasteiger partial charge in [0.15, 0.2) is 11.5 Å². The highest BCUT2D eigenvalue weighted by molar-refractivity contribution is 6.32. The Hall–Kier alpha value is -1.13. The first kappa shape index (κ1) is 20.9. The van der Waals surface area contributed by atoms with Crippen molar-refractivity contribution in [2.75, 3.05) is 20.3 Å². The average molecular weight is 391 g/mol. The fourth-order valence-electron chi connectivity index (χ4n) is 2.30. The van der Waals surface area contributed by atoms with Gasteiger partial charge in [-0.3, -0.25) is 0 Å². The van der Waals surface area contributed by atoms with Crippen LogP contribution in [-0.2, 0) is 13.0 Å². The Bertz CT molecular complexity index is 633. The molecule has 0 aliphatic carbocycles. The highest BCUT2D eigenvalue weighted by Gasteiger charge is 2.11. The maximum atomic E-state index is 6.25. The molecule has 1 N–H and O–H groups in total. The van der Waals surface area contributed by atoms with Gasteiger partial charge in [0, 0.05) is 11.6 Å². The predicted octanol–water partition coefficient (Wildman–Crippen LogP) is 5.15. The van der Waals surface area contributed by atoms with E-state index in [1.165, 1.54) is 5.56 Å². The molecular formula is C18H22Cl3NO2. The number of rotatable bonds is 8. The third-order valence-electron chi connectivity index (χ3n) is 3.41. The lowest BCUT2D eigenvalue weighted by atomic mass is 10.1. The van der Waals surface area contributed by atoms with E-state index in [2.05, 4.69) is 5.32 Å². The molecule has 0 aromatic heterocycles. The largest absolute Gasteiger partial charge is 0.491 e. The van der Waals surface area contributed by atoms with Crippen LogP contribution in [0.2, 0.25) is 10.0 Å². The van der Waals surface area contributed by atoms with Crippen molar-refractivity contribution in [3.05, 3.63) is 57.6 Å². The molecule has 0 amide bonds. The summed E-state index contributed by atoms with van der Waals surface area (Å²) in [6.07, 6.45) is 0.944. The van der Waals surface area contributed by atoms with Crippen molar-refractivity contribution in [2.45, 2.75) is 19.9 Å². The molecule has 3 nitrogen and oxygen atoms in total. The van der Waals surface area contributed by atoms with E-state index in [1.54, 1.807) is 7.11 Å². The fourth-order valence-corrected chi connectivity index (χ4v) is 2.74. The first-order valence-electron chi connectivity index (χ1n) is 7.58. The molecule has 0 spiro atoms. The van der Waals surface area contributed by atoms with E-state index >= 15 is 0 Å². The summed E-state index contributed by atoms with van der Waals surface area (Å²) in [6.45, 7) is 4.09. The molecule has 0 saturated carbocycles. The Morgan fingerprint density at radius 1 is 1.04 bits per heavy atom. The van der Waals surface area contributed by atoms with Crippen molar-refractivity contribution in [3.8, 4) is 11.5 Å². The van der Waals surface area contributed by atoms with Crippen molar-refractivity contribution in [2.24, 2.45) is 0 Å². The zero-order valence-electron chi connectivity index (χ0n) is 13.8. The molecule has 0 aliphatic rings. The number of hydrogen-bond acceptors (Lipinski definition) is 3. The second kappa shape index (κ2) is 10.7. The number of ether oxygens (including phenoxy) is 2. The number of hydrogen-bond donors (Lipinski definition) is 1. The van der Waals surface area contributed by atoms with E-state index < -0.39 is 0 Å². The molecule has 2 aromatic carbocycles. The molecule has 6 heteroatoms. The van der Waals surface area contributed by atoms with Gasteiger partial charge >= 0.3 is 0 Å². The van der Waals surface area contributed by atoms with Gasteiger partial charge in [0.1, 0.15) is 0 Å². The van der Waals surface area contributed by atoms with Gasteiger partial charge in [0.25, 0.3) is 0 Å². The second-order valence-electron chi connectivity index (χ2n) is 5.10. The van der Waals surface area contributed by atoms with Crippen LogP contribution < -0.4 is 14.8 Å². The van der Waals surface area contributed by atoms with Crippen LogP contribution in [0.1, 0.15) is 18.1 Å². The van der Waals surface area contributed by atoms with Crippen molar-refractivity contribution in [1.29, 1.82) is 0 Å². The predicted molar refractivity (Wildman–Crippen MR) is 103 cm³/mol. The molecule has 0 fully saturated rings. The SMILES string of the molecule is CCOc1cc(CNCCc2ccc(Cl)cc2)cc(Cl)c1OC.Cl. The Kier molecular flexibility index (Phi) is 9.30. The van der Waals surface area contributed by atoms with Crippen LogP contribution in [0.15, 0.2) is 36.4 Å². The van der Waals surface area contributed by atoms with Gasteiger partial charge in [0.2, 0.25) is 0 Å². The zero-order valence-corrected chi connectivity index (χ0v) is 16.1. The Balaban J connectivity index is 0.00000288. The normalized spacial score (nSPS) is 10.2. The standard InChI is InChI=1S/C18H21Cl2NO2.ClH/c1-3-23-17-11-14(10-16(20)18(17)22-2)12-21-9-8-13-4-6-15(19)7-5-13;/h4-7,10-11,21H,3,8-9,12H2,1-2H3;1H. The van der Waals surface area contributed by atoms with E-state index in [-0.39, 0.29) is 12.4 Å². The summed E-state index contributed by atoms with van der Waals surface area (Å²) in [7, 11) is 1.59. The molecule has 0 radical (unpaired) electrons. The molecule has 0 unspecified atom stereocenters. The van der Waals surface area contributed by atoms with Gasteiger partial charge in [-0.25, -0.2) is 0 Å². The minimum absolute atomic E-state index is 0. The van der Waals surface area contributed by atoms with Crippen molar-refractivity contribution < 1.29 is 9.47 Å². The number of halogens is 3. The summed E-state index contributed by atoms with van der Waals surface area (Å²) in [5.41, 5.74) is 2.32. The van der Waals surface area contributed by atoms with Crippen molar-refractivity contribution in [1.82, 2.24) is 5.32 Å². The summed E-state index contributed by atoms with van der Waals surface area (Å²) < 4.78 is 10.9. The molecular weight excluding hydrogens is 369 g/mol. The molecule has 0 atom stereocenters. The quantitative estimate of drug-likeness (QED) is 0.632. The van der Waals surface area contributed by atoms with Gasteiger partial charge in [-0.15, -0.1) is 12.4 Å². The lowest BCUT2D eigenvalue weighted by molar-refractivity contribution is 0.310. The molecule has 0 heterocycles. The van der Waals surface area contributed by atoms with E-state index in [0.717, 1.165) is 30.1 Å². The molecule has 132 valence electrons. The first-order chi connectivity index (χ1) is 11.1. The second-order valence-corrected chi connectivity index (χ2v) is 5.94. The topological polar surface area (TPSA) is 30.5 Å². The first-order valence-corrected chi connectivity index (χ1v) is 8.34. The summed E-state index contributed by atoms with van der Waals surface area (Å²) in [5, 5.41) is 4.74. The van der Waals surface area contributed by atoms with Crippen molar-refractivity contribution in [3.63, 3.8) is 0 Å². The van der Waals surface area contributed by atoms with Gasteiger partial charge < -0.3 is 14.8 Å². The molecule has 0 bridgehead atoms. The maximum Gasteiger partial charge on any atom is 0.179 e. The lowest BCUT2D eigenvalue weighted by Gasteiger charge is -2.13.